The molecule has 0 unspecified atom stereocenters. The summed E-state index contributed by atoms with van der Waals surface area (Å²) in [5, 5.41) is 2.57. The van der Waals surface area contributed by atoms with E-state index in [1.165, 1.54) is 34.3 Å². The molecule has 1 N–H and O–H groups in total. The lowest BCUT2D eigenvalue weighted by Gasteiger charge is -2.50. The molecule has 1 saturated heterocycles. The number of esters is 1. The number of benzene rings is 1. The molecule has 0 aromatic heterocycles. The number of amides is 1. The highest BCUT2D eigenvalue weighted by Gasteiger charge is 2.52. The summed E-state index contributed by atoms with van der Waals surface area (Å²) in [6.45, 7) is 17.5. The lowest BCUT2D eigenvalue weighted by atomic mass is 9.77. The van der Waals surface area contributed by atoms with Gasteiger partial charge in [-0.15, -0.1) is 0 Å². The number of methoxy groups -OCH3 is 2. The van der Waals surface area contributed by atoms with Crippen LogP contribution in [0.4, 0.5) is 0 Å². The lowest BCUT2D eigenvalue weighted by molar-refractivity contribution is -0.336. The van der Waals surface area contributed by atoms with Gasteiger partial charge >= 0.3 is 11.8 Å². The van der Waals surface area contributed by atoms with Gasteiger partial charge in [-0.1, -0.05) is 45.9 Å². The third kappa shape index (κ3) is 7.41. The van der Waals surface area contributed by atoms with E-state index >= 15 is 0 Å². The summed E-state index contributed by atoms with van der Waals surface area (Å²) < 4.78 is 42.5. The van der Waals surface area contributed by atoms with Crippen molar-refractivity contribution in [2.75, 3.05) is 14.2 Å². The second kappa shape index (κ2) is 15.3. The van der Waals surface area contributed by atoms with Crippen molar-refractivity contribution in [1.29, 1.82) is 0 Å². The minimum atomic E-state index is -1.94. The normalized spacial score (nSPS) is 34.7. The molecule has 0 spiro atoms. The number of carbonyl (C=O) groups excluding carboxylic acids is 5. The van der Waals surface area contributed by atoms with Gasteiger partial charge in [-0.25, -0.2) is 0 Å². The first kappa shape index (κ1) is 40.6. The molecule has 7 bridgehead atoms. The van der Waals surface area contributed by atoms with Gasteiger partial charge in [-0.2, -0.15) is 0 Å². The van der Waals surface area contributed by atoms with Crippen LogP contribution in [0.15, 0.2) is 47.9 Å². The van der Waals surface area contributed by atoms with Crippen molar-refractivity contribution in [3.8, 4) is 11.5 Å². The first-order valence-electron chi connectivity index (χ1n) is 18.1. The van der Waals surface area contributed by atoms with E-state index in [1.807, 2.05) is 47.6 Å². The Morgan fingerprint density at radius 3 is 2.17 bits per heavy atom. The zero-order chi connectivity index (χ0) is 40.0. The van der Waals surface area contributed by atoms with E-state index in [0.29, 0.717) is 5.56 Å². The van der Waals surface area contributed by atoms with Crippen LogP contribution in [0, 0.1) is 30.6 Å². The van der Waals surface area contributed by atoms with E-state index < -0.39 is 65.0 Å². The van der Waals surface area contributed by atoms with E-state index in [0.717, 1.165) is 6.08 Å². The molecule has 1 aromatic rings. The monoisotopic (exact) mass is 749 g/mol. The second-order valence-electron chi connectivity index (χ2n) is 15.2. The molecule has 0 radical (unpaired) electrons. The summed E-state index contributed by atoms with van der Waals surface area (Å²) in [4.78, 5) is 67.7. The van der Waals surface area contributed by atoms with Crippen LogP contribution in [-0.2, 0) is 33.3 Å². The van der Waals surface area contributed by atoms with Gasteiger partial charge < -0.3 is 38.5 Å². The zero-order valence-electron chi connectivity index (χ0n) is 33.0. The molecule has 4 aliphatic heterocycles. The Morgan fingerprint density at radius 2 is 1.54 bits per heavy atom. The van der Waals surface area contributed by atoms with Crippen molar-refractivity contribution in [3.05, 3.63) is 70.2 Å². The van der Waals surface area contributed by atoms with E-state index in [1.54, 1.807) is 32.1 Å². The summed E-state index contributed by atoms with van der Waals surface area (Å²) >= 11 is 0. The summed E-state index contributed by atoms with van der Waals surface area (Å²) in [5.74, 6) is -7.13. The van der Waals surface area contributed by atoms with E-state index in [-0.39, 0.29) is 63.3 Å². The van der Waals surface area contributed by atoms with Gasteiger partial charge in [0.25, 0.3) is 11.7 Å². The Bertz CT molecular complexity index is 1870. The number of allylic oxidation sites excluding steroid dienone is 4. The number of ether oxygens (including phenoxy) is 7. The Labute approximate surface area is 316 Å². The maximum atomic E-state index is 14.1. The molecule has 1 aromatic carbocycles. The fourth-order valence-corrected chi connectivity index (χ4v) is 7.95. The maximum Gasteiger partial charge on any atom is 0.312 e. The molecule has 54 heavy (non-hydrogen) atoms. The Hall–Kier alpha value is -4.59. The number of hydrogen-bond acceptors (Lipinski definition) is 12. The Kier molecular flexibility index (Phi) is 11.5. The van der Waals surface area contributed by atoms with Crippen LogP contribution in [0.2, 0.25) is 0 Å². The molecule has 5 aliphatic rings. The highest BCUT2D eigenvalue weighted by atomic mass is 16.7. The lowest BCUT2D eigenvalue weighted by Crippen LogP contribution is -2.56. The average Bonchev–Trinajstić information content (AvgIpc) is 3.37. The SMILES string of the molecule is COc1c(C)c2c3c4c1C(=O)C(=CC4=O)NC(=O)/C(C)=C\C=C\[C@H](C)[C@@H]1OC(C)(C)O[C@@H]([C@@H](C)[C@H](OC(C)=O)[C@H](C)[C@@H](OC)/C=C/O[C@@](C)(O2)C3=O)[C@@H]1C. The van der Waals surface area contributed by atoms with Crippen LogP contribution in [0.3, 0.4) is 0 Å². The highest BCUT2D eigenvalue weighted by Crippen LogP contribution is 2.48. The van der Waals surface area contributed by atoms with Crippen LogP contribution >= 0.6 is 0 Å². The number of Topliss-reactive ketones (excluding diaryl/α,β-unsaturated/α-hetero) is 2. The van der Waals surface area contributed by atoms with Gasteiger partial charge in [0.05, 0.1) is 54.1 Å². The van der Waals surface area contributed by atoms with Gasteiger partial charge in [0, 0.05) is 61.8 Å². The van der Waals surface area contributed by atoms with Crippen molar-refractivity contribution < 1.29 is 57.1 Å². The summed E-state index contributed by atoms with van der Waals surface area (Å²) in [5.41, 5.74) is -0.202. The number of hydrogen-bond donors (Lipinski definition) is 1. The largest absolute Gasteiger partial charge is 0.496 e. The fourth-order valence-electron chi connectivity index (χ4n) is 7.95. The number of ketones is 3. The third-order valence-corrected chi connectivity index (χ3v) is 10.7. The summed E-state index contributed by atoms with van der Waals surface area (Å²) in [7, 11) is 2.84. The van der Waals surface area contributed by atoms with Crippen molar-refractivity contribution in [2.45, 2.75) is 105 Å². The Balaban J connectivity index is 1.63. The summed E-state index contributed by atoms with van der Waals surface area (Å²) in [6.07, 6.45) is 7.04. The molecule has 0 saturated carbocycles. The van der Waals surface area contributed by atoms with Gasteiger partial charge in [-0.05, 0) is 33.8 Å². The molecule has 1 aliphatic carbocycles. The van der Waals surface area contributed by atoms with Crippen LogP contribution in [-0.4, -0.2) is 79.4 Å². The number of carbonyl (C=O) groups is 5. The predicted molar refractivity (Wildman–Crippen MR) is 196 cm³/mol. The van der Waals surface area contributed by atoms with Crippen LogP contribution in [0.5, 0.6) is 11.5 Å². The molecule has 6 rings (SSSR count). The first-order chi connectivity index (χ1) is 25.3. The number of nitrogens with one attached hydrogen (secondary N) is 1. The Morgan fingerprint density at radius 1 is 0.870 bits per heavy atom. The van der Waals surface area contributed by atoms with E-state index in [2.05, 4.69) is 5.32 Å². The van der Waals surface area contributed by atoms with E-state index in [9.17, 15) is 24.0 Å². The van der Waals surface area contributed by atoms with Crippen LogP contribution in [0.1, 0.15) is 99.0 Å². The molecule has 9 atom stereocenters. The topological polar surface area (TPSA) is 162 Å². The second-order valence-corrected chi connectivity index (χ2v) is 15.2. The minimum absolute atomic E-state index is 0.0250. The number of rotatable bonds is 3. The van der Waals surface area contributed by atoms with Crippen molar-refractivity contribution in [2.24, 2.45) is 23.7 Å². The zero-order valence-corrected chi connectivity index (χ0v) is 33.0. The third-order valence-electron chi connectivity index (χ3n) is 10.7. The van der Waals surface area contributed by atoms with Crippen LogP contribution < -0.4 is 14.8 Å². The molecule has 1 amide bonds. The molecule has 292 valence electrons. The first-order valence-corrected chi connectivity index (χ1v) is 18.1. The maximum absolute atomic E-state index is 14.1. The van der Waals surface area contributed by atoms with Gasteiger partial charge in [0.15, 0.2) is 11.6 Å². The molecule has 4 heterocycles. The molecule has 13 nitrogen and oxygen atoms in total. The molecular weight excluding hydrogens is 698 g/mol. The predicted octanol–water partition coefficient (Wildman–Crippen LogP) is 5.73. The van der Waals surface area contributed by atoms with Gasteiger partial charge in [-0.3, -0.25) is 24.0 Å². The minimum Gasteiger partial charge on any atom is -0.496 e. The van der Waals surface area contributed by atoms with Crippen molar-refractivity contribution in [1.82, 2.24) is 5.32 Å². The average molecular weight is 750 g/mol. The standard InChI is InChI=1S/C41H51NO12/c1-19-14-13-15-20(2)39(47)42-26-18-27(44)29-30(32(26)45)36(49-12)24(6)37-31(29)38(46)41(10,54-37)50-17-16-28(48-11)21(3)34(51-25(7)43)23(5)35-22(4)33(19)52-40(8,9)53-35/h13-19,21-23,28,33-35H,1-12H3,(H,42,47)/b14-13+,17-16+,20-15-/t19-,21+,22+,23-,28-,33-,34+,35+,41-/m0/s1. The highest BCUT2D eigenvalue weighted by molar-refractivity contribution is 6.31. The molecular formula is C41H51NO12. The molecule has 13 heteroatoms. The van der Waals surface area contributed by atoms with Crippen molar-refractivity contribution in [3.63, 3.8) is 0 Å². The fraction of sp³-hybridized carbons (Fsp3) is 0.537. The summed E-state index contributed by atoms with van der Waals surface area (Å²) in [6, 6.07) is 0. The quantitative estimate of drug-likeness (QED) is 0.374. The number of fused-ring (bicyclic) bond motifs is 10. The van der Waals surface area contributed by atoms with Crippen LogP contribution in [0.25, 0.3) is 0 Å². The van der Waals surface area contributed by atoms with Gasteiger partial charge in [0.1, 0.15) is 17.6 Å². The van der Waals surface area contributed by atoms with E-state index in [4.69, 9.17) is 33.2 Å². The van der Waals surface area contributed by atoms with Crippen molar-refractivity contribution >= 4 is 29.2 Å². The molecule has 1 fully saturated rings. The smallest absolute Gasteiger partial charge is 0.312 e. The van der Waals surface area contributed by atoms with Gasteiger partial charge in [0.2, 0.25) is 5.78 Å².